The summed E-state index contributed by atoms with van der Waals surface area (Å²) in [7, 11) is 0. The zero-order valence-electron chi connectivity index (χ0n) is 17.4. The van der Waals surface area contributed by atoms with Crippen LogP contribution in [0, 0.1) is 0 Å². The van der Waals surface area contributed by atoms with Crippen molar-refractivity contribution in [2.75, 3.05) is 18.5 Å². The first-order valence-electron chi connectivity index (χ1n) is 9.58. The lowest BCUT2D eigenvalue weighted by atomic mass is 10.1. The van der Waals surface area contributed by atoms with E-state index in [1.807, 2.05) is 44.4 Å². The van der Waals surface area contributed by atoms with Crippen LogP contribution in [0.3, 0.4) is 0 Å². The molecule has 3 N–H and O–H groups in total. The molecule has 0 fully saturated rings. The van der Waals surface area contributed by atoms with Crippen LogP contribution in [0.1, 0.15) is 34.6 Å². The highest BCUT2D eigenvalue weighted by molar-refractivity contribution is 7.14. The topological polar surface area (TPSA) is 82.3 Å². The van der Waals surface area contributed by atoms with Gasteiger partial charge in [-0.05, 0) is 46.8 Å². The minimum atomic E-state index is -0.468. The molecule has 8 heteroatoms. The average Bonchev–Trinajstić information content (AvgIpc) is 3.08. The Balaban J connectivity index is 2.06. The quantitative estimate of drug-likeness (QED) is 0.497. The van der Waals surface area contributed by atoms with Crippen molar-refractivity contribution in [3.63, 3.8) is 0 Å². The van der Waals surface area contributed by atoms with Crippen LogP contribution >= 0.6 is 22.9 Å². The third-order valence-electron chi connectivity index (χ3n) is 3.92. The molecule has 0 aliphatic carbocycles. The van der Waals surface area contributed by atoms with Gasteiger partial charge in [0.15, 0.2) is 5.13 Å². The van der Waals surface area contributed by atoms with E-state index in [1.54, 1.807) is 11.3 Å². The first-order chi connectivity index (χ1) is 13.7. The Morgan fingerprint density at radius 1 is 1.17 bits per heavy atom. The lowest BCUT2D eigenvalue weighted by Crippen LogP contribution is -2.38. The zero-order chi connectivity index (χ0) is 21.2. The van der Waals surface area contributed by atoms with Gasteiger partial charge in [0.25, 0.3) is 0 Å². The molecule has 156 valence electrons. The summed E-state index contributed by atoms with van der Waals surface area (Å²) in [5, 5.41) is 7.40. The second-order valence-electron chi connectivity index (χ2n) is 7.83. The molecule has 0 saturated heterocycles. The van der Waals surface area contributed by atoms with Crippen LogP contribution in [0.25, 0.3) is 22.3 Å². The molecule has 29 heavy (non-hydrogen) atoms. The van der Waals surface area contributed by atoms with Crippen molar-refractivity contribution in [3.8, 4) is 22.9 Å². The van der Waals surface area contributed by atoms with Gasteiger partial charge in [0, 0.05) is 28.4 Å². The summed E-state index contributed by atoms with van der Waals surface area (Å²) in [5.41, 5.74) is 7.65. The van der Waals surface area contributed by atoms with Gasteiger partial charge in [-0.3, -0.25) is 0 Å². The molecule has 0 radical (unpaired) electrons. The number of nitrogens with one attached hydrogen (secondary N) is 1. The van der Waals surface area contributed by atoms with E-state index in [9.17, 15) is 0 Å². The smallest absolute Gasteiger partial charge is 0.183 e. The average molecular weight is 435 g/mol. The number of aromatic nitrogens is 2. The second kappa shape index (κ2) is 8.73. The molecular weight excluding hydrogens is 408 g/mol. The molecule has 0 atom stereocenters. The van der Waals surface area contributed by atoms with Gasteiger partial charge in [0.05, 0.1) is 17.8 Å². The molecular formula is C21H27ClN4O2S. The van der Waals surface area contributed by atoms with Gasteiger partial charge in [-0.25, -0.2) is 9.97 Å². The molecule has 3 aromatic rings. The zero-order valence-corrected chi connectivity index (χ0v) is 18.9. The summed E-state index contributed by atoms with van der Waals surface area (Å²) < 4.78 is 11.7. The molecule has 0 aliphatic heterocycles. The van der Waals surface area contributed by atoms with E-state index in [0.29, 0.717) is 47.0 Å². The number of hydrogen-bond donors (Lipinski definition) is 2. The number of nitrogens with two attached hydrogens (primary N) is 1. The Kier molecular flexibility index (Phi) is 6.51. The highest BCUT2D eigenvalue weighted by Gasteiger charge is 2.18. The van der Waals surface area contributed by atoms with Crippen molar-refractivity contribution < 1.29 is 9.47 Å². The number of benzene rings is 1. The molecule has 6 nitrogen and oxygen atoms in total. The maximum atomic E-state index is 6.66. The molecule has 2 aromatic heterocycles. The van der Waals surface area contributed by atoms with E-state index in [4.69, 9.17) is 31.8 Å². The van der Waals surface area contributed by atoms with Gasteiger partial charge in [-0.1, -0.05) is 11.6 Å². The summed E-state index contributed by atoms with van der Waals surface area (Å²) in [6.45, 7) is 10.8. The number of pyridine rings is 1. The fraction of sp³-hybridized carbons (Fsp3) is 0.429. The lowest BCUT2D eigenvalue weighted by Gasteiger charge is -2.20. The van der Waals surface area contributed by atoms with E-state index in [0.717, 1.165) is 16.2 Å². The van der Waals surface area contributed by atoms with E-state index in [2.05, 4.69) is 24.1 Å². The Labute approximate surface area is 180 Å². The lowest BCUT2D eigenvalue weighted by molar-refractivity contribution is 0.243. The molecule has 3 rings (SSSR count). The van der Waals surface area contributed by atoms with Crippen molar-refractivity contribution >= 4 is 39.0 Å². The monoisotopic (exact) mass is 434 g/mol. The summed E-state index contributed by atoms with van der Waals surface area (Å²) in [6, 6.07) is 5.95. The number of anilines is 1. The predicted octanol–water partition coefficient (Wildman–Crippen LogP) is 5.35. The van der Waals surface area contributed by atoms with E-state index < -0.39 is 5.54 Å². The summed E-state index contributed by atoms with van der Waals surface area (Å²) in [4.78, 5) is 9.43. The normalized spacial score (nSPS) is 11.9. The Bertz CT molecular complexity index is 998. The molecule has 2 heterocycles. The van der Waals surface area contributed by atoms with Crippen molar-refractivity contribution in [2.24, 2.45) is 5.73 Å². The van der Waals surface area contributed by atoms with Gasteiger partial charge >= 0.3 is 0 Å². The third kappa shape index (κ3) is 5.29. The summed E-state index contributed by atoms with van der Waals surface area (Å²) in [5.74, 6) is 1.26. The summed E-state index contributed by atoms with van der Waals surface area (Å²) >= 11 is 8.20. The van der Waals surface area contributed by atoms with Crippen LogP contribution in [-0.2, 0) is 0 Å². The molecule has 0 bridgehead atoms. The molecule has 0 aliphatic rings. The van der Waals surface area contributed by atoms with Crippen molar-refractivity contribution in [3.05, 3.63) is 28.6 Å². The maximum Gasteiger partial charge on any atom is 0.183 e. The first kappa shape index (κ1) is 21.6. The third-order valence-corrected chi connectivity index (χ3v) is 5.06. The number of thiazole rings is 1. The maximum absolute atomic E-state index is 6.66. The minimum Gasteiger partial charge on any atom is -0.493 e. The van der Waals surface area contributed by atoms with Crippen molar-refractivity contribution in [1.82, 2.24) is 9.97 Å². The van der Waals surface area contributed by atoms with Crippen LogP contribution in [0.5, 0.6) is 11.5 Å². The SMILES string of the molecule is CCOc1cc(-c2csc(NC(C)C)n2)nc2c(Cl)c(OCC(C)(C)N)ccc12. The Morgan fingerprint density at radius 2 is 1.93 bits per heavy atom. The van der Waals surface area contributed by atoms with E-state index in [1.165, 1.54) is 0 Å². The minimum absolute atomic E-state index is 0.304. The first-order valence-corrected chi connectivity index (χ1v) is 10.8. The van der Waals surface area contributed by atoms with E-state index >= 15 is 0 Å². The number of nitrogens with zero attached hydrogens (tertiary/aromatic N) is 2. The van der Waals surface area contributed by atoms with Crippen LogP contribution in [0.15, 0.2) is 23.6 Å². The van der Waals surface area contributed by atoms with Gasteiger partial charge < -0.3 is 20.5 Å². The largest absolute Gasteiger partial charge is 0.493 e. The Hall–Kier alpha value is -2.09. The number of rotatable bonds is 8. The van der Waals surface area contributed by atoms with E-state index in [-0.39, 0.29) is 0 Å². The van der Waals surface area contributed by atoms with Crippen molar-refractivity contribution in [2.45, 2.75) is 46.2 Å². The van der Waals surface area contributed by atoms with Gasteiger partial charge in [-0.2, -0.15) is 0 Å². The van der Waals surface area contributed by atoms with Gasteiger partial charge in [0.1, 0.15) is 28.8 Å². The van der Waals surface area contributed by atoms with Crippen LogP contribution in [0.2, 0.25) is 5.02 Å². The fourth-order valence-corrected chi connectivity index (χ4v) is 3.81. The van der Waals surface area contributed by atoms with Crippen LogP contribution in [0.4, 0.5) is 5.13 Å². The number of ether oxygens (including phenoxy) is 2. The fourth-order valence-electron chi connectivity index (χ4n) is 2.69. The number of fused-ring (bicyclic) bond motifs is 1. The van der Waals surface area contributed by atoms with Gasteiger partial charge in [-0.15, -0.1) is 11.3 Å². The summed E-state index contributed by atoms with van der Waals surface area (Å²) in [6.07, 6.45) is 0. The van der Waals surface area contributed by atoms with Gasteiger partial charge in [0.2, 0.25) is 0 Å². The van der Waals surface area contributed by atoms with Crippen molar-refractivity contribution in [1.29, 1.82) is 0 Å². The second-order valence-corrected chi connectivity index (χ2v) is 9.06. The molecule has 0 saturated carbocycles. The predicted molar refractivity (Wildman–Crippen MR) is 122 cm³/mol. The number of hydrogen-bond acceptors (Lipinski definition) is 7. The van der Waals surface area contributed by atoms with Crippen LogP contribution < -0.4 is 20.5 Å². The van der Waals surface area contributed by atoms with Crippen LogP contribution in [-0.4, -0.2) is 34.8 Å². The number of halogens is 1. The Morgan fingerprint density at radius 3 is 2.59 bits per heavy atom. The standard InChI is InChI=1S/C21H27ClN4O2S/c1-6-27-17-9-14(15-10-29-20(26-15)24-12(2)3)25-19-13(17)7-8-16(18(19)22)28-11-21(4,5)23/h7-10,12H,6,11,23H2,1-5H3,(H,24,26). The highest BCUT2D eigenvalue weighted by atomic mass is 35.5. The molecule has 0 amide bonds. The molecule has 1 aromatic carbocycles. The highest BCUT2D eigenvalue weighted by Crippen LogP contribution is 2.38. The molecule has 0 unspecified atom stereocenters. The molecule has 0 spiro atoms.